The van der Waals surface area contributed by atoms with Crippen molar-refractivity contribution in [2.75, 3.05) is 12.3 Å². The summed E-state index contributed by atoms with van der Waals surface area (Å²) in [5, 5.41) is 4.10. The molecule has 1 aliphatic rings. The summed E-state index contributed by atoms with van der Waals surface area (Å²) in [4.78, 5) is 32.9. The number of rotatable bonds is 6. The van der Waals surface area contributed by atoms with E-state index in [-0.39, 0.29) is 17.2 Å². The number of hydrogen-bond acceptors (Lipinski definition) is 5. The lowest BCUT2D eigenvalue weighted by Gasteiger charge is -2.15. The lowest BCUT2D eigenvalue weighted by Crippen LogP contribution is -2.27. The van der Waals surface area contributed by atoms with Crippen LogP contribution in [0.4, 0.5) is 0 Å². The molecule has 0 fully saturated rings. The zero-order chi connectivity index (χ0) is 21.3. The predicted octanol–water partition coefficient (Wildman–Crippen LogP) is 4.34. The van der Waals surface area contributed by atoms with Gasteiger partial charge in [-0.25, -0.2) is 4.98 Å². The lowest BCUT2D eigenvalue weighted by atomic mass is 9.97. The Balaban J connectivity index is 1.86. The van der Waals surface area contributed by atoms with Crippen molar-refractivity contribution in [1.29, 1.82) is 0 Å². The summed E-state index contributed by atoms with van der Waals surface area (Å²) >= 11 is 2.94. The average molecular weight is 440 g/mol. The summed E-state index contributed by atoms with van der Waals surface area (Å²) in [5.41, 5.74) is 4.13. The number of nitrogens with zero attached hydrogens (tertiary/aromatic N) is 2. The molecule has 30 heavy (non-hydrogen) atoms. The van der Waals surface area contributed by atoms with Crippen LogP contribution in [0.15, 0.2) is 40.8 Å². The Morgan fingerprint density at radius 2 is 2.13 bits per heavy atom. The van der Waals surface area contributed by atoms with Crippen LogP contribution in [0.1, 0.15) is 34.4 Å². The van der Waals surface area contributed by atoms with E-state index in [1.165, 1.54) is 22.2 Å². The number of carbonyl (C=O) groups is 1. The fraction of sp³-hybridized carbons (Fsp3) is 0.348. The molecule has 0 saturated carbocycles. The number of thiophene rings is 1. The molecule has 0 aliphatic heterocycles. The Labute approximate surface area is 184 Å². The van der Waals surface area contributed by atoms with Crippen molar-refractivity contribution >= 4 is 39.2 Å². The monoisotopic (exact) mass is 439 g/mol. The first-order valence-electron chi connectivity index (χ1n) is 10.1. The maximum Gasteiger partial charge on any atom is 0.267 e. The highest BCUT2D eigenvalue weighted by atomic mass is 32.2. The molecule has 1 aromatic carbocycles. The summed E-state index contributed by atoms with van der Waals surface area (Å²) in [5.74, 6) is 0.0915. The average Bonchev–Trinajstić information content (AvgIpc) is 3.10. The Morgan fingerprint density at radius 1 is 1.33 bits per heavy atom. The standard InChI is InChI=1S/C23H25N3O2S2/c1-4-11-24-19(27)13-29-23-25-21-20(16-7-5-6-8-18(16)30-21)22(28)26(23)17-10-9-14(2)12-15(17)3/h4,9-10,12H,1,5-8,11,13H2,2-3H3,(H,24,27). The topological polar surface area (TPSA) is 64.0 Å². The van der Waals surface area contributed by atoms with Gasteiger partial charge in [-0.15, -0.1) is 17.9 Å². The third-order valence-electron chi connectivity index (χ3n) is 5.33. The van der Waals surface area contributed by atoms with Crippen LogP contribution in [-0.2, 0) is 17.6 Å². The van der Waals surface area contributed by atoms with Crippen LogP contribution in [0.3, 0.4) is 0 Å². The fourth-order valence-electron chi connectivity index (χ4n) is 3.92. The van der Waals surface area contributed by atoms with Crippen molar-refractivity contribution in [3.63, 3.8) is 0 Å². The molecule has 0 atom stereocenters. The van der Waals surface area contributed by atoms with Gasteiger partial charge >= 0.3 is 0 Å². The van der Waals surface area contributed by atoms with Gasteiger partial charge in [-0.1, -0.05) is 35.5 Å². The molecular weight excluding hydrogens is 414 g/mol. The van der Waals surface area contributed by atoms with Gasteiger partial charge in [-0.05, 0) is 56.7 Å². The Morgan fingerprint density at radius 3 is 2.90 bits per heavy atom. The Hall–Kier alpha value is -2.38. The van der Waals surface area contributed by atoms with Crippen LogP contribution in [-0.4, -0.2) is 27.8 Å². The largest absolute Gasteiger partial charge is 0.352 e. The number of thioether (sulfide) groups is 1. The van der Waals surface area contributed by atoms with E-state index < -0.39 is 0 Å². The second-order valence-corrected chi connectivity index (χ2v) is 9.62. The third-order valence-corrected chi connectivity index (χ3v) is 7.45. The molecule has 1 amide bonds. The molecule has 2 aromatic heterocycles. The summed E-state index contributed by atoms with van der Waals surface area (Å²) in [6, 6.07) is 6.05. The van der Waals surface area contributed by atoms with Crippen LogP contribution in [0.2, 0.25) is 0 Å². The maximum absolute atomic E-state index is 13.7. The van der Waals surface area contributed by atoms with E-state index >= 15 is 0 Å². The quantitative estimate of drug-likeness (QED) is 0.353. The van der Waals surface area contributed by atoms with Crippen LogP contribution in [0.5, 0.6) is 0 Å². The molecule has 5 nitrogen and oxygen atoms in total. The van der Waals surface area contributed by atoms with Gasteiger partial charge in [0.2, 0.25) is 5.91 Å². The number of carbonyl (C=O) groups excluding carboxylic acids is 1. The number of aryl methyl sites for hydroxylation is 4. The van der Waals surface area contributed by atoms with Crippen molar-refractivity contribution in [2.24, 2.45) is 0 Å². The van der Waals surface area contributed by atoms with Crippen LogP contribution in [0.25, 0.3) is 15.9 Å². The van der Waals surface area contributed by atoms with Crippen LogP contribution >= 0.6 is 23.1 Å². The number of fused-ring (bicyclic) bond motifs is 3. The highest BCUT2D eigenvalue weighted by Gasteiger charge is 2.23. The minimum absolute atomic E-state index is 0.0275. The van der Waals surface area contributed by atoms with Gasteiger partial charge in [0.05, 0.1) is 16.8 Å². The molecular formula is C23H25N3O2S2. The lowest BCUT2D eigenvalue weighted by molar-refractivity contribution is -0.118. The first-order chi connectivity index (χ1) is 14.5. The van der Waals surface area contributed by atoms with Crippen molar-refractivity contribution in [3.05, 3.63) is 62.8 Å². The van der Waals surface area contributed by atoms with E-state index in [0.717, 1.165) is 52.7 Å². The number of benzene rings is 1. The minimum Gasteiger partial charge on any atom is -0.352 e. The number of amides is 1. The van der Waals surface area contributed by atoms with Crippen LogP contribution < -0.4 is 10.9 Å². The molecule has 1 N–H and O–H groups in total. The Bertz CT molecular complexity index is 1190. The van der Waals surface area contributed by atoms with Gasteiger partial charge < -0.3 is 5.32 Å². The highest BCUT2D eigenvalue weighted by molar-refractivity contribution is 7.99. The molecule has 0 radical (unpaired) electrons. The molecule has 0 unspecified atom stereocenters. The maximum atomic E-state index is 13.7. The number of nitrogens with one attached hydrogen (secondary N) is 1. The molecule has 1 aliphatic carbocycles. The molecule has 0 saturated heterocycles. The zero-order valence-electron chi connectivity index (χ0n) is 17.3. The van der Waals surface area contributed by atoms with Gasteiger partial charge in [0.15, 0.2) is 5.16 Å². The van der Waals surface area contributed by atoms with Crippen molar-refractivity contribution in [3.8, 4) is 5.69 Å². The molecule has 3 aromatic rings. The zero-order valence-corrected chi connectivity index (χ0v) is 18.9. The van der Waals surface area contributed by atoms with Crippen molar-refractivity contribution in [2.45, 2.75) is 44.7 Å². The molecule has 156 valence electrons. The van der Waals surface area contributed by atoms with Gasteiger partial charge in [0, 0.05) is 11.4 Å². The SMILES string of the molecule is C=CCNC(=O)CSc1nc2sc3c(c2c(=O)n1-c1ccc(C)cc1C)CCCC3. The van der Waals surface area contributed by atoms with Gasteiger partial charge in [0.25, 0.3) is 5.56 Å². The van der Waals surface area contributed by atoms with Crippen molar-refractivity contribution in [1.82, 2.24) is 14.9 Å². The second-order valence-electron chi connectivity index (χ2n) is 7.60. The first-order valence-corrected chi connectivity index (χ1v) is 11.9. The van der Waals surface area contributed by atoms with Gasteiger partial charge in [0.1, 0.15) is 4.83 Å². The molecule has 4 rings (SSSR count). The normalized spacial score (nSPS) is 13.3. The number of hydrogen-bond donors (Lipinski definition) is 1. The molecule has 7 heteroatoms. The van der Waals surface area contributed by atoms with E-state index in [4.69, 9.17) is 4.98 Å². The van der Waals surface area contributed by atoms with Crippen LogP contribution in [0, 0.1) is 13.8 Å². The van der Waals surface area contributed by atoms with E-state index in [1.54, 1.807) is 22.0 Å². The van der Waals surface area contributed by atoms with E-state index in [9.17, 15) is 9.59 Å². The van der Waals surface area contributed by atoms with Gasteiger partial charge in [-0.3, -0.25) is 14.2 Å². The summed E-state index contributed by atoms with van der Waals surface area (Å²) in [6.45, 7) is 8.09. The summed E-state index contributed by atoms with van der Waals surface area (Å²) < 4.78 is 1.70. The molecule has 0 bridgehead atoms. The molecule has 0 spiro atoms. The molecule has 2 heterocycles. The fourth-order valence-corrected chi connectivity index (χ4v) is 6.06. The predicted molar refractivity (Wildman–Crippen MR) is 125 cm³/mol. The minimum atomic E-state index is -0.105. The first kappa shape index (κ1) is 20.9. The van der Waals surface area contributed by atoms with E-state index in [2.05, 4.69) is 18.0 Å². The van der Waals surface area contributed by atoms with Gasteiger partial charge in [-0.2, -0.15) is 0 Å². The van der Waals surface area contributed by atoms with E-state index in [1.807, 2.05) is 26.0 Å². The Kier molecular flexibility index (Phi) is 6.11. The highest BCUT2D eigenvalue weighted by Crippen LogP contribution is 2.35. The van der Waals surface area contributed by atoms with Crippen molar-refractivity contribution < 1.29 is 4.79 Å². The third kappa shape index (κ3) is 3.96. The van der Waals surface area contributed by atoms with E-state index in [0.29, 0.717) is 11.7 Å². The second kappa shape index (κ2) is 8.78. The summed E-state index contributed by atoms with van der Waals surface area (Å²) in [7, 11) is 0. The smallest absolute Gasteiger partial charge is 0.267 e. The number of aromatic nitrogens is 2. The summed E-state index contributed by atoms with van der Waals surface area (Å²) in [6.07, 6.45) is 5.88.